The molecule has 103 valence electrons. The molecule has 0 saturated carbocycles. The zero-order valence-electron chi connectivity index (χ0n) is 11.5. The molecule has 1 aliphatic carbocycles. The Bertz CT molecular complexity index is 445. The zero-order valence-corrected chi connectivity index (χ0v) is 15.6. The summed E-state index contributed by atoms with van der Waals surface area (Å²) in [5, 5.41) is 0. The van der Waals surface area contributed by atoms with E-state index in [1.54, 1.807) is 33.6 Å². The van der Waals surface area contributed by atoms with Crippen LogP contribution in [-0.2, 0) is 30.1 Å². The second kappa shape index (κ2) is 8.45. The van der Waals surface area contributed by atoms with Crippen LogP contribution in [0.25, 0.3) is 0 Å². The third-order valence-electron chi connectivity index (χ3n) is 3.98. The van der Waals surface area contributed by atoms with Crippen molar-refractivity contribution in [3.63, 3.8) is 0 Å². The van der Waals surface area contributed by atoms with Gasteiger partial charge in [0.2, 0.25) is 0 Å². The van der Waals surface area contributed by atoms with Crippen molar-refractivity contribution >= 4 is 24.8 Å². The third kappa shape index (κ3) is 3.63. The predicted octanol–water partition coefficient (Wildman–Crippen LogP) is 5.35. The van der Waals surface area contributed by atoms with Crippen LogP contribution in [0.5, 0.6) is 0 Å². The van der Waals surface area contributed by atoms with Crippen LogP contribution in [-0.4, -0.2) is 0 Å². The Hall–Kier alpha value is 0.163. The molecule has 0 unspecified atom stereocenters. The molecule has 0 atom stereocenters. The van der Waals surface area contributed by atoms with Crippen molar-refractivity contribution in [2.75, 3.05) is 0 Å². The fraction of sp³-hybridized carbons (Fsp3) is 0.375. The first-order valence-electron chi connectivity index (χ1n) is 6.42. The van der Waals surface area contributed by atoms with Crippen LogP contribution in [0.3, 0.4) is 0 Å². The first-order valence-corrected chi connectivity index (χ1v) is 7.64. The van der Waals surface area contributed by atoms with Gasteiger partial charge in [0, 0.05) is 0 Å². The fourth-order valence-corrected chi connectivity index (χ4v) is 3.99. The summed E-state index contributed by atoms with van der Waals surface area (Å²) in [4.78, 5) is 0. The standard InChI is InChI=1S/C16H19.2ClH.Zr/c1-3-16(4-2,15-12-8-9-13-15)14-10-6-5-7-11-14;;;/h5-8,10-12H,3-4,9H2,1-2H3;2*1H;. The Morgan fingerprint density at radius 3 is 2.05 bits per heavy atom. The molecular formula is C16H21Cl2Zr. The van der Waals surface area contributed by atoms with Crippen LogP contribution >= 0.6 is 24.8 Å². The summed E-state index contributed by atoms with van der Waals surface area (Å²) in [6, 6.07) is 11.0. The molecule has 0 bridgehead atoms. The minimum absolute atomic E-state index is 0. The topological polar surface area (TPSA) is 0 Å². The SMILES string of the molecule is CCC(CC)(C1=[C]([Zr])CC=C1)c1ccccc1.Cl.Cl. The largest absolute Gasteiger partial charge is 0.147 e. The maximum absolute atomic E-state index is 2.37. The molecular weight excluding hydrogens is 354 g/mol. The van der Waals surface area contributed by atoms with Crippen molar-refractivity contribution in [3.8, 4) is 0 Å². The number of allylic oxidation sites excluding steroid dienone is 4. The van der Waals surface area contributed by atoms with Gasteiger partial charge in [0.05, 0.1) is 0 Å². The molecule has 0 N–H and O–H groups in total. The molecule has 2 rings (SSSR count). The van der Waals surface area contributed by atoms with Gasteiger partial charge < -0.3 is 0 Å². The summed E-state index contributed by atoms with van der Waals surface area (Å²) in [6.07, 6.45) is 8.23. The molecule has 1 aromatic rings. The van der Waals surface area contributed by atoms with Gasteiger partial charge in [0.25, 0.3) is 0 Å². The molecule has 0 heterocycles. The predicted molar refractivity (Wildman–Crippen MR) is 84.0 cm³/mol. The molecule has 1 aliphatic rings. The van der Waals surface area contributed by atoms with E-state index in [0.717, 1.165) is 0 Å². The molecule has 19 heavy (non-hydrogen) atoms. The van der Waals surface area contributed by atoms with E-state index < -0.39 is 0 Å². The summed E-state index contributed by atoms with van der Waals surface area (Å²) < 4.78 is 1.63. The van der Waals surface area contributed by atoms with Gasteiger partial charge in [-0.2, -0.15) is 0 Å². The summed E-state index contributed by atoms with van der Waals surface area (Å²) in [7, 11) is 0. The maximum atomic E-state index is 2.37. The van der Waals surface area contributed by atoms with Crippen molar-refractivity contribution < 1.29 is 24.7 Å². The van der Waals surface area contributed by atoms with E-state index in [0.29, 0.717) is 0 Å². The van der Waals surface area contributed by atoms with Gasteiger partial charge in [-0.1, -0.05) is 0 Å². The minimum Gasteiger partial charge on any atom is -0.147 e. The molecule has 0 spiro atoms. The average Bonchev–Trinajstić information content (AvgIpc) is 2.80. The van der Waals surface area contributed by atoms with Crippen molar-refractivity contribution in [2.24, 2.45) is 0 Å². The monoisotopic (exact) mass is 373 g/mol. The number of halogens is 2. The van der Waals surface area contributed by atoms with Gasteiger partial charge in [-0.3, -0.25) is 0 Å². The molecule has 0 aliphatic heterocycles. The van der Waals surface area contributed by atoms with E-state index in [-0.39, 0.29) is 30.2 Å². The summed E-state index contributed by atoms with van der Waals surface area (Å²) in [6.45, 7) is 4.64. The molecule has 0 saturated heterocycles. The Morgan fingerprint density at radius 1 is 1.05 bits per heavy atom. The molecule has 1 aromatic carbocycles. The van der Waals surface area contributed by atoms with Gasteiger partial charge in [-0.25, -0.2) is 0 Å². The van der Waals surface area contributed by atoms with Gasteiger partial charge in [0.1, 0.15) is 0 Å². The molecule has 0 fully saturated rings. The molecule has 0 aromatic heterocycles. The Labute approximate surface area is 144 Å². The van der Waals surface area contributed by atoms with E-state index in [1.165, 1.54) is 24.8 Å². The number of hydrogen-bond acceptors (Lipinski definition) is 0. The van der Waals surface area contributed by atoms with E-state index in [9.17, 15) is 0 Å². The van der Waals surface area contributed by atoms with E-state index >= 15 is 0 Å². The molecule has 0 amide bonds. The van der Waals surface area contributed by atoms with E-state index in [4.69, 9.17) is 0 Å². The van der Waals surface area contributed by atoms with E-state index in [2.05, 4.69) is 56.3 Å². The van der Waals surface area contributed by atoms with Gasteiger partial charge in [0.15, 0.2) is 0 Å². The average molecular weight is 375 g/mol. The number of hydrogen-bond donors (Lipinski definition) is 0. The Balaban J connectivity index is 0.00000162. The fourth-order valence-electron chi connectivity index (χ4n) is 2.91. The van der Waals surface area contributed by atoms with Crippen LogP contribution < -0.4 is 0 Å². The van der Waals surface area contributed by atoms with Crippen LogP contribution in [0, 0.1) is 0 Å². The van der Waals surface area contributed by atoms with Crippen LogP contribution in [0.2, 0.25) is 0 Å². The Kier molecular flexibility index (Phi) is 8.52. The first kappa shape index (κ1) is 19.2. The van der Waals surface area contributed by atoms with Crippen LogP contribution in [0.4, 0.5) is 0 Å². The maximum Gasteiger partial charge on any atom is -0.147 e. The van der Waals surface area contributed by atoms with Crippen molar-refractivity contribution in [1.82, 2.24) is 0 Å². The normalized spacial score (nSPS) is 13.9. The summed E-state index contributed by atoms with van der Waals surface area (Å²) in [5.41, 5.74) is 3.31. The van der Waals surface area contributed by atoms with Crippen LogP contribution in [0.1, 0.15) is 38.7 Å². The number of benzene rings is 1. The van der Waals surface area contributed by atoms with Crippen molar-refractivity contribution in [1.29, 1.82) is 0 Å². The molecule has 0 radical (unpaired) electrons. The van der Waals surface area contributed by atoms with Crippen molar-refractivity contribution in [2.45, 2.75) is 38.5 Å². The zero-order chi connectivity index (χ0) is 12.3. The van der Waals surface area contributed by atoms with Crippen molar-refractivity contribution in [3.05, 3.63) is 56.9 Å². The third-order valence-corrected chi connectivity index (χ3v) is 5.14. The van der Waals surface area contributed by atoms with E-state index in [1.807, 2.05) is 0 Å². The molecule has 3 heteroatoms. The summed E-state index contributed by atoms with van der Waals surface area (Å²) in [5.74, 6) is 0. The smallest absolute Gasteiger partial charge is 0.147 e. The minimum atomic E-state index is 0. The van der Waals surface area contributed by atoms with Gasteiger partial charge >= 0.3 is 120 Å². The second-order valence-electron chi connectivity index (χ2n) is 4.65. The second-order valence-corrected chi connectivity index (χ2v) is 6.14. The van der Waals surface area contributed by atoms with Gasteiger partial charge in [-0.15, -0.1) is 24.8 Å². The molecule has 0 nitrogen and oxygen atoms in total. The van der Waals surface area contributed by atoms with Crippen LogP contribution in [0.15, 0.2) is 51.3 Å². The quantitative estimate of drug-likeness (QED) is 0.666. The first-order chi connectivity index (χ1) is 8.24. The number of rotatable bonds is 4. The Morgan fingerprint density at radius 2 is 1.63 bits per heavy atom. The van der Waals surface area contributed by atoms with Gasteiger partial charge in [-0.05, 0) is 0 Å². The summed E-state index contributed by atoms with van der Waals surface area (Å²) >= 11 is 1.58.